The number of ether oxygens (including phenoxy) is 1. The number of aliphatic hydroxyl groups is 1. The van der Waals surface area contributed by atoms with Gasteiger partial charge in [0, 0.05) is 11.4 Å². The molecule has 1 aliphatic rings. The Kier molecular flexibility index (Phi) is 4.61. The third-order valence-corrected chi connectivity index (χ3v) is 6.18. The van der Waals surface area contributed by atoms with Gasteiger partial charge >= 0.3 is 6.09 Å². The van der Waals surface area contributed by atoms with Gasteiger partial charge in [-0.2, -0.15) is 0 Å². The van der Waals surface area contributed by atoms with E-state index in [4.69, 9.17) is 9.84 Å². The number of aromatic nitrogens is 1. The smallest absolute Gasteiger partial charge is 0.414 e. The maximum absolute atomic E-state index is 11.9. The second kappa shape index (κ2) is 7.03. The Hall–Kier alpha value is -2.09. The van der Waals surface area contributed by atoms with E-state index in [1.54, 1.807) is 28.0 Å². The summed E-state index contributed by atoms with van der Waals surface area (Å²) in [5, 5.41) is 9.16. The van der Waals surface area contributed by atoms with Crippen molar-refractivity contribution in [1.82, 2.24) is 4.98 Å². The number of aliphatic hydroxyl groups excluding tert-OH is 1. The molecule has 0 unspecified atom stereocenters. The van der Waals surface area contributed by atoms with Crippen LogP contribution >= 0.6 is 23.1 Å². The second-order valence-electron chi connectivity index (χ2n) is 5.71. The molecule has 0 radical (unpaired) electrons. The highest BCUT2D eigenvalue weighted by Gasteiger charge is 2.31. The third kappa shape index (κ3) is 3.49. The van der Waals surface area contributed by atoms with E-state index in [-0.39, 0.29) is 6.61 Å². The number of cyclic esters (lactones) is 1. The van der Waals surface area contributed by atoms with E-state index in [1.165, 1.54) is 5.56 Å². The first-order chi connectivity index (χ1) is 12.2. The number of carbonyl (C=O) groups is 1. The van der Waals surface area contributed by atoms with E-state index >= 15 is 0 Å². The predicted octanol–water partition coefficient (Wildman–Crippen LogP) is 3.91. The largest absolute Gasteiger partial charge is 0.441 e. The van der Waals surface area contributed by atoms with Crippen molar-refractivity contribution >= 4 is 45.1 Å². The monoisotopic (exact) mass is 372 g/mol. The minimum atomic E-state index is -0.457. The highest BCUT2D eigenvalue weighted by molar-refractivity contribution is 8.00. The van der Waals surface area contributed by atoms with Gasteiger partial charge in [0.25, 0.3) is 0 Å². The fraction of sp³-hybridized carbons (Fsp3) is 0.222. The summed E-state index contributed by atoms with van der Waals surface area (Å²) in [5.41, 5.74) is 2.97. The van der Waals surface area contributed by atoms with Gasteiger partial charge in [-0.3, -0.25) is 4.90 Å². The van der Waals surface area contributed by atoms with Gasteiger partial charge in [-0.25, -0.2) is 9.78 Å². The highest BCUT2D eigenvalue weighted by atomic mass is 32.2. The highest BCUT2D eigenvalue weighted by Crippen LogP contribution is 2.34. The number of hydrogen-bond acceptors (Lipinski definition) is 6. The lowest BCUT2D eigenvalue weighted by Gasteiger charge is -2.12. The van der Waals surface area contributed by atoms with Crippen LogP contribution in [0.15, 0.2) is 52.9 Å². The van der Waals surface area contributed by atoms with Crippen molar-refractivity contribution in [3.05, 3.63) is 54.1 Å². The van der Waals surface area contributed by atoms with Gasteiger partial charge in [0.2, 0.25) is 0 Å². The number of nitrogens with zero attached hydrogens (tertiary/aromatic N) is 2. The molecule has 1 saturated heterocycles. The topological polar surface area (TPSA) is 62.7 Å². The molecule has 128 valence electrons. The van der Waals surface area contributed by atoms with Crippen molar-refractivity contribution < 1.29 is 14.6 Å². The predicted molar refractivity (Wildman–Crippen MR) is 100 cm³/mol. The maximum Gasteiger partial charge on any atom is 0.414 e. The molecule has 5 nitrogen and oxygen atoms in total. The number of hydrogen-bond donors (Lipinski definition) is 1. The van der Waals surface area contributed by atoms with Crippen LogP contribution in [0.25, 0.3) is 10.2 Å². The molecule has 1 atom stereocenters. The molecule has 1 N–H and O–H groups in total. The van der Waals surface area contributed by atoms with Gasteiger partial charge in [-0.1, -0.05) is 42.1 Å². The quantitative estimate of drug-likeness (QED) is 0.688. The van der Waals surface area contributed by atoms with E-state index in [0.29, 0.717) is 6.54 Å². The lowest BCUT2D eigenvalue weighted by molar-refractivity contribution is 0.0963. The van der Waals surface area contributed by atoms with E-state index < -0.39 is 12.2 Å². The first-order valence-electron chi connectivity index (χ1n) is 7.89. The molecule has 1 aromatic heterocycles. The summed E-state index contributed by atoms with van der Waals surface area (Å²) in [6.07, 6.45) is -0.872. The van der Waals surface area contributed by atoms with Crippen molar-refractivity contribution in [2.24, 2.45) is 0 Å². The summed E-state index contributed by atoms with van der Waals surface area (Å²) in [6, 6.07) is 16.1. The Morgan fingerprint density at radius 2 is 2.12 bits per heavy atom. The van der Waals surface area contributed by atoms with E-state index in [0.717, 1.165) is 26.0 Å². The number of thiazole rings is 1. The average molecular weight is 372 g/mol. The number of amides is 1. The lowest BCUT2D eigenvalue weighted by Crippen LogP contribution is -2.25. The first-order valence-corrected chi connectivity index (χ1v) is 9.69. The summed E-state index contributed by atoms with van der Waals surface area (Å²) in [7, 11) is 0. The molecule has 2 heterocycles. The zero-order valence-electron chi connectivity index (χ0n) is 13.3. The van der Waals surface area contributed by atoms with E-state index in [9.17, 15) is 4.79 Å². The van der Waals surface area contributed by atoms with Crippen molar-refractivity contribution in [3.8, 4) is 0 Å². The van der Waals surface area contributed by atoms with Crippen LogP contribution < -0.4 is 4.90 Å². The molecule has 25 heavy (non-hydrogen) atoms. The van der Waals surface area contributed by atoms with Crippen LogP contribution in [-0.2, 0) is 10.5 Å². The Labute approximate surface area is 153 Å². The Balaban J connectivity index is 1.52. The van der Waals surface area contributed by atoms with Gasteiger partial charge in [0.15, 0.2) is 4.34 Å². The number of carbonyl (C=O) groups excluding carboxylic acids is 1. The number of benzene rings is 2. The van der Waals surface area contributed by atoms with E-state index in [1.807, 2.05) is 36.4 Å². The summed E-state index contributed by atoms with van der Waals surface area (Å²) < 4.78 is 7.15. The van der Waals surface area contributed by atoms with Gasteiger partial charge in [0.05, 0.1) is 23.4 Å². The van der Waals surface area contributed by atoms with Crippen LogP contribution in [0, 0.1) is 0 Å². The van der Waals surface area contributed by atoms with E-state index in [2.05, 4.69) is 17.1 Å². The molecule has 3 aromatic rings. The van der Waals surface area contributed by atoms with Crippen molar-refractivity contribution in [3.63, 3.8) is 0 Å². The molecular formula is C18H16N2O3S2. The minimum Gasteiger partial charge on any atom is -0.441 e. The molecule has 1 amide bonds. The first kappa shape index (κ1) is 16.4. The van der Waals surface area contributed by atoms with Gasteiger partial charge in [-0.05, 0) is 23.8 Å². The summed E-state index contributed by atoms with van der Waals surface area (Å²) >= 11 is 3.33. The SMILES string of the molecule is O=C1O[C@@H](CO)CN1c1ccc2nc(SCc3ccccc3)sc2c1. The van der Waals surface area contributed by atoms with Crippen molar-refractivity contribution in [2.45, 2.75) is 16.2 Å². The van der Waals surface area contributed by atoms with Crippen LogP contribution in [0.1, 0.15) is 5.56 Å². The Morgan fingerprint density at radius 3 is 2.88 bits per heavy atom. The Morgan fingerprint density at radius 1 is 1.28 bits per heavy atom. The van der Waals surface area contributed by atoms with Gasteiger partial charge < -0.3 is 9.84 Å². The molecule has 1 aliphatic heterocycles. The zero-order chi connectivity index (χ0) is 17.2. The molecule has 0 aliphatic carbocycles. The number of anilines is 1. The van der Waals surface area contributed by atoms with Gasteiger partial charge in [0.1, 0.15) is 6.10 Å². The van der Waals surface area contributed by atoms with Crippen LogP contribution in [0.5, 0.6) is 0 Å². The summed E-state index contributed by atoms with van der Waals surface area (Å²) in [5.74, 6) is 0.879. The number of fused-ring (bicyclic) bond motifs is 1. The van der Waals surface area contributed by atoms with Crippen LogP contribution in [-0.4, -0.2) is 35.4 Å². The molecule has 0 saturated carbocycles. The minimum absolute atomic E-state index is 0.161. The summed E-state index contributed by atoms with van der Waals surface area (Å²) in [4.78, 5) is 18.1. The fourth-order valence-electron chi connectivity index (χ4n) is 2.67. The molecule has 2 aromatic carbocycles. The molecular weight excluding hydrogens is 356 g/mol. The second-order valence-corrected chi connectivity index (χ2v) is 7.96. The normalized spacial score (nSPS) is 17.2. The van der Waals surface area contributed by atoms with Crippen molar-refractivity contribution in [2.75, 3.05) is 18.1 Å². The average Bonchev–Trinajstić information content (AvgIpc) is 3.22. The van der Waals surface area contributed by atoms with Crippen LogP contribution in [0.4, 0.5) is 10.5 Å². The van der Waals surface area contributed by atoms with Crippen LogP contribution in [0.3, 0.4) is 0 Å². The molecule has 4 rings (SSSR count). The standard InChI is InChI=1S/C18H16N2O3S2/c21-10-14-9-20(18(22)23-14)13-6-7-15-16(8-13)25-17(19-15)24-11-12-4-2-1-3-5-12/h1-8,14,21H,9-11H2/t14-/m1/s1. The lowest BCUT2D eigenvalue weighted by atomic mass is 10.2. The molecule has 0 bridgehead atoms. The summed E-state index contributed by atoms with van der Waals surface area (Å²) in [6.45, 7) is 0.209. The Bertz CT molecular complexity index is 898. The molecule has 0 spiro atoms. The number of rotatable bonds is 5. The third-order valence-electron chi connectivity index (χ3n) is 3.95. The van der Waals surface area contributed by atoms with Crippen molar-refractivity contribution in [1.29, 1.82) is 0 Å². The molecule has 7 heteroatoms. The number of thioether (sulfide) groups is 1. The van der Waals surface area contributed by atoms with Gasteiger partial charge in [-0.15, -0.1) is 11.3 Å². The maximum atomic E-state index is 11.9. The zero-order valence-corrected chi connectivity index (χ0v) is 14.9. The molecule has 1 fully saturated rings. The van der Waals surface area contributed by atoms with Crippen LogP contribution in [0.2, 0.25) is 0 Å². The fourth-order valence-corrected chi connectivity index (χ4v) is 4.73.